The van der Waals surface area contributed by atoms with Crippen LogP contribution in [0.25, 0.3) is 0 Å². The molecule has 0 saturated heterocycles. The minimum Gasteiger partial charge on any atom is -0.493 e. The number of aryl methyl sites for hydroxylation is 1. The van der Waals surface area contributed by atoms with Crippen LogP contribution in [0.15, 0.2) is 46.0 Å². The number of rotatable bonds is 7. The van der Waals surface area contributed by atoms with Crippen LogP contribution in [0, 0.1) is 6.92 Å². The van der Waals surface area contributed by atoms with E-state index in [-0.39, 0.29) is 12.5 Å². The van der Waals surface area contributed by atoms with Gasteiger partial charge in [-0.3, -0.25) is 4.79 Å². The van der Waals surface area contributed by atoms with Crippen LogP contribution in [0.1, 0.15) is 11.1 Å². The Morgan fingerprint density at radius 3 is 2.72 bits per heavy atom. The summed E-state index contributed by atoms with van der Waals surface area (Å²) in [5.41, 5.74) is 2.37. The van der Waals surface area contributed by atoms with Crippen molar-refractivity contribution in [2.45, 2.75) is 6.92 Å². The molecule has 2 rings (SSSR count). The molecular formula is C18H19BrN2O4. The second kappa shape index (κ2) is 9.08. The fourth-order valence-electron chi connectivity index (χ4n) is 2.16. The van der Waals surface area contributed by atoms with Crippen molar-refractivity contribution in [3.8, 4) is 11.5 Å². The number of hydrogen-bond acceptors (Lipinski definition) is 5. The summed E-state index contributed by atoms with van der Waals surface area (Å²) in [6.07, 6.45) is 1.47. The summed E-state index contributed by atoms with van der Waals surface area (Å²) in [5, 5.41) is 6.59. The molecule has 0 aliphatic rings. The van der Waals surface area contributed by atoms with Gasteiger partial charge in [0.15, 0.2) is 18.1 Å². The maximum absolute atomic E-state index is 11.9. The highest BCUT2D eigenvalue weighted by Crippen LogP contribution is 2.29. The number of carbonyl (C=O) groups excluding carboxylic acids is 1. The molecule has 6 nitrogen and oxygen atoms in total. The highest BCUT2D eigenvalue weighted by atomic mass is 79.9. The van der Waals surface area contributed by atoms with Gasteiger partial charge in [-0.25, -0.2) is 0 Å². The zero-order chi connectivity index (χ0) is 18.2. The average molecular weight is 407 g/mol. The molecule has 0 saturated carbocycles. The number of amides is 1. The number of halogens is 1. The molecule has 0 bridgehead atoms. The molecule has 0 radical (unpaired) electrons. The lowest BCUT2D eigenvalue weighted by atomic mass is 10.2. The lowest BCUT2D eigenvalue weighted by Gasteiger charge is -2.09. The van der Waals surface area contributed by atoms with E-state index in [0.29, 0.717) is 17.1 Å². The van der Waals surface area contributed by atoms with Gasteiger partial charge in [0.2, 0.25) is 0 Å². The third kappa shape index (κ3) is 5.22. The van der Waals surface area contributed by atoms with Gasteiger partial charge in [0.05, 0.1) is 20.4 Å². The molecule has 0 atom stereocenters. The molecule has 0 heterocycles. The lowest BCUT2D eigenvalue weighted by Crippen LogP contribution is -2.17. The number of methoxy groups -OCH3 is 2. The number of benzene rings is 2. The predicted molar refractivity (Wildman–Crippen MR) is 101 cm³/mol. The van der Waals surface area contributed by atoms with Gasteiger partial charge in [-0.05, 0) is 42.8 Å². The number of hydrogen-bond donors (Lipinski definition) is 1. The van der Waals surface area contributed by atoms with Crippen molar-refractivity contribution in [2.24, 2.45) is 5.16 Å². The van der Waals surface area contributed by atoms with Gasteiger partial charge >= 0.3 is 0 Å². The number of nitrogens with one attached hydrogen (secondary N) is 1. The number of anilines is 1. The molecule has 1 N–H and O–H groups in total. The average Bonchev–Trinajstić information content (AvgIpc) is 2.60. The minimum atomic E-state index is -0.292. The molecule has 0 fully saturated rings. The first-order chi connectivity index (χ1) is 12.0. The first kappa shape index (κ1) is 18.8. The van der Waals surface area contributed by atoms with Gasteiger partial charge in [0, 0.05) is 15.7 Å². The van der Waals surface area contributed by atoms with Crippen molar-refractivity contribution in [1.82, 2.24) is 0 Å². The molecule has 1 amide bonds. The maximum Gasteiger partial charge on any atom is 0.265 e. The Balaban J connectivity index is 1.92. The van der Waals surface area contributed by atoms with Crippen molar-refractivity contribution in [1.29, 1.82) is 0 Å². The second-order valence-corrected chi connectivity index (χ2v) is 6.01. The SMILES string of the molecule is COc1cccc(/C=N/OCC(=O)Nc2ccc(Br)cc2C)c1OC. The Labute approximate surface area is 154 Å². The summed E-state index contributed by atoms with van der Waals surface area (Å²) in [5.74, 6) is 0.849. The van der Waals surface area contributed by atoms with E-state index >= 15 is 0 Å². The summed E-state index contributed by atoms with van der Waals surface area (Å²) < 4.78 is 11.5. The summed E-state index contributed by atoms with van der Waals surface area (Å²) in [4.78, 5) is 17.0. The minimum absolute atomic E-state index is 0.196. The third-order valence-corrected chi connectivity index (χ3v) is 3.85. The van der Waals surface area contributed by atoms with Crippen LogP contribution >= 0.6 is 15.9 Å². The van der Waals surface area contributed by atoms with Crippen molar-refractivity contribution in [3.63, 3.8) is 0 Å². The summed E-state index contributed by atoms with van der Waals surface area (Å²) >= 11 is 3.38. The van der Waals surface area contributed by atoms with E-state index in [1.165, 1.54) is 6.21 Å². The predicted octanol–water partition coefficient (Wildman–Crippen LogP) is 3.76. The summed E-state index contributed by atoms with van der Waals surface area (Å²) in [6.45, 7) is 1.72. The number of para-hydroxylation sites is 1. The topological polar surface area (TPSA) is 69.2 Å². The number of carbonyl (C=O) groups is 1. The summed E-state index contributed by atoms with van der Waals surface area (Å²) in [6, 6.07) is 11.0. The molecule has 2 aromatic carbocycles. The largest absolute Gasteiger partial charge is 0.493 e. The van der Waals surface area contributed by atoms with E-state index in [4.69, 9.17) is 14.3 Å². The maximum atomic E-state index is 11.9. The molecule has 2 aromatic rings. The fourth-order valence-corrected chi connectivity index (χ4v) is 2.63. The molecule has 0 aliphatic carbocycles. The van der Waals surface area contributed by atoms with Gasteiger partial charge in [0.25, 0.3) is 5.91 Å². The van der Waals surface area contributed by atoms with Gasteiger partial charge in [-0.2, -0.15) is 0 Å². The standard InChI is InChI=1S/C18H19BrN2O4/c1-12-9-14(19)7-8-15(12)21-17(22)11-25-20-10-13-5-4-6-16(23-2)18(13)24-3/h4-10H,11H2,1-3H3,(H,21,22)/b20-10+. The van der Waals surface area contributed by atoms with Gasteiger partial charge in [-0.1, -0.05) is 27.2 Å². The van der Waals surface area contributed by atoms with E-state index in [1.807, 2.05) is 31.2 Å². The van der Waals surface area contributed by atoms with Crippen LogP contribution in [0.3, 0.4) is 0 Å². The van der Waals surface area contributed by atoms with Crippen molar-refractivity contribution >= 4 is 33.7 Å². The smallest absolute Gasteiger partial charge is 0.265 e. The first-order valence-corrected chi connectivity index (χ1v) is 8.26. The third-order valence-electron chi connectivity index (χ3n) is 3.36. The van der Waals surface area contributed by atoms with Crippen LogP contribution in [-0.4, -0.2) is 32.9 Å². The van der Waals surface area contributed by atoms with Crippen LogP contribution in [0.5, 0.6) is 11.5 Å². The molecular weight excluding hydrogens is 388 g/mol. The van der Waals surface area contributed by atoms with Gasteiger partial charge in [-0.15, -0.1) is 0 Å². The quantitative estimate of drug-likeness (QED) is 0.561. The Hall–Kier alpha value is -2.54. The summed E-state index contributed by atoms with van der Waals surface area (Å²) in [7, 11) is 3.10. The first-order valence-electron chi connectivity index (χ1n) is 7.47. The Morgan fingerprint density at radius 1 is 1.24 bits per heavy atom. The van der Waals surface area contributed by atoms with E-state index in [2.05, 4.69) is 26.4 Å². The van der Waals surface area contributed by atoms with E-state index in [9.17, 15) is 4.79 Å². The normalized spacial score (nSPS) is 10.6. The second-order valence-electron chi connectivity index (χ2n) is 5.10. The van der Waals surface area contributed by atoms with Gasteiger partial charge in [0.1, 0.15) is 0 Å². The Bertz CT molecular complexity index is 778. The van der Waals surface area contributed by atoms with E-state index in [1.54, 1.807) is 26.4 Å². The van der Waals surface area contributed by atoms with Gasteiger partial charge < -0.3 is 19.6 Å². The highest BCUT2D eigenvalue weighted by Gasteiger charge is 2.08. The van der Waals surface area contributed by atoms with Crippen LogP contribution < -0.4 is 14.8 Å². The van der Waals surface area contributed by atoms with Crippen molar-refractivity contribution < 1.29 is 19.1 Å². The molecule has 0 spiro atoms. The van der Waals surface area contributed by atoms with Crippen molar-refractivity contribution in [2.75, 3.05) is 26.1 Å². The monoisotopic (exact) mass is 406 g/mol. The number of ether oxygens (including phenoxy) is 2. The number of oxime groups is 1. The molecule has 0 aromatic heterocycles. The highest BCUT2D eigenvalue weighted by molar-refractivity contribution is 9.10. The molecule has 7 heteroatoms. The van der Waals surface area contributed by atoms with Crippen LogP contribution in [0.4, 0.5) is 5.69 Å². The van der Waals surface area contributed by atoms with Crippen LogP contribution in [-0.2, 0) is 9.63 Å². The molecule has 25 heavy (non-hydrogen) atoms. The van der Waals surface area contributed by atoms with E-state index in [0.717, 1.165) is 15.7 Å². The molecule has 0 aliphatic heterocycles. The van der Waals surface area contributed by atoms with Crippen LogP contribution in [0.2, 0.25) is 0 Å². The Morgan fingerprint density at radius 2 is 2.04 bits per heavy atom. The molecule has 0 unspecified atom stereocenters. The lowest BCUT2D eigenvalue weighted by molar-refractivity contribution is -0.120. The number of nitrogens with zero attached hydrogens (tertiary/aromatic N) is 1. The Kier molecular flexibility index (Phi) is 6.82. The fraction of sp³-hybridized carbons (Fsp3) is 0.222. The zero-order valence-electron chi connectivity index (χ0n) is 14.2. The van der Waals surface area contributed by atoms with E-state index < -0.39 is 0 Å². The molecule has 132 valence electrons. The van der Waals surface area contributed by atoms with Crippen molar-refractivity contribution in [3.05, 3.63) is 52.0 Å². The zero-order valence-corrected chi connectivity index (χ0v) is 15.8.